The zero-order valence-corrected chi connectivity index (χ0v) is 17.5. The fourth-order valence-electron chi connectivity index (χ4n) is 3.36. The van der Waals surface area contributed by atoms with Crippen molar-refractivity contribution >= 4 is 17.8 Å². The number of aromatic nitrogens is 4. The normalized spacial score (nSPS) is 19.2. The zero-order chi connectivity index (χ0) is 21.5. The van der Waals surface area contributed by atoms with Crippen LogP contribution in [0, 0.1) is 0 Å². The number of H-pyrrole nitrogens is 1. The predicted molar refractivity (Wildman–Crippen MR) is 109 cm³/mol. The Bertz CT molecular complexity index is 853. The maximum Gasteiger partial charge on any atom is 0.407 e. The number of methoxy groups -OCH3 is 1. The SMILES string of the molecule is CCC(C)OC(=O)NC1CCC(c2cc(NC(=O)Cc3cnc(OC)cn3)n[nH]2)C1. The van der Waals surface area contributed by atoms with Crippen molar-refractivity contribution in [2.45, 2.75) is 64.0 Å². The molecule has 1 aliphatic carbocycles. The van der Waals surface area contributed by atoms with Crippen LogP contribution in [0.25, 0.3) is 0 Å². The van der Waals surface area contributed by atoms with Crippen molar-refractivity contribution in [2.75, 3.05) is 12.4 Å². The molecule has 2 amide bonds. The first kappa shape index (κ1) is 21.5. The van der Waals surface area contributed by atoms with Gasteiger partial charge in [-0.05, 0) is 32.6 Å². The highest BCUT2D eigenvalue weighted by Gasteiger charge is 2.29. The smallest absolute Gasteiger partial charge is 0.407 e. The molecule has 0 aliphatic heterocycles. The maximum atomic E-state index is 12.2. The summed E-state index contributed by atoms with van der Waals surface area (Å²) < 4.78 is 10.2. The Morgan fingerprint density at radius 3 is 2.83 bits per heavy atom. The highest BCUT2D eigenvalue weighted by atomic mass is 16.6. The van der Waals surface area contributed by atoms with E-state index in [4.69, 9.17) is 9.47 Å². The van der Waals surface area contributed by atoms with E-state index in [-0.39, 0.29) is 36.5 Å². The van der Waals surface area contributed by atoms with Gasteiger partial charge in [0.25, 0.3) is 0 Å². The molecule has 3 N–H and O–H groups in total. The Labute approximate surface area is 175 Å². The molecular formula is C20H28N6O4. The van der Waals surface area contributed by atoms with Gasteiger partial charge < -0.3 is 20.1 Å². The van der Waals surface area contributed by atoms with E-state index in [1.807, 2.05) is 19.9 Å². The molecule has 30 heavy (non-hydrogen) atoms. The molecule has 2 aromatic heterocycles. The number of hydrogen-bond acceptors (Lipinski definition) is 7. The summed E-state index contributed by atoms with van der Waals surface area (Å²) in [6.45, 7) is 3.85. The van der Waals surface area contributed by atoms with Crippen LogP contribution in [0.5, 0.6) is 5.88 Å². The number of anilines is 1. The van der Waals surface area contributed by atoms with Crippen LogP contribution >= 0.6 is 0 Å². The van der Waals surface area contributed by atoms with Crippen LogP contribution in [-0.4, -0.2) is 51.4 Å². The van der Waals surface area contributed by atoms with Crippen molar-refractivity contribution in [1.82, 2.24) is 25.5 Å². The number of hydrogen-bond donors (Lipinski definition) is 3. The Kier molecular flexibility index (Phi) is 7.21. The van der Waals surface area contributed by atoms with Gasteiger partial charge in [-0.15, -0.1) is 0 Å². The van der Waals surface area contributed by atoms with Gasteiger partial charge >= 0.3 is 6.09 Å². The van der Waals surface area contributed by atoms with Crippen LogP contribution in [0.2, 0.25) is 0 Å². The van der Waals surface area contributed by atoms with Gasteiger partial charge in [-0.2, -0.15) is 5.10 Å². The molecule has 1 fully saturated rings. The second-order valence-electron chi connectivity index (χ2n) is 7.46. The lowest BCUT2D eigenvalue weighted by atomic mass is 10.0. The molecule has 0 saturated heterocycles. The first-order chi connectivity index (χ1) is 14.5. The summed E-state index contributed by atoms with van der Waals surface area (Å²) in [4.78, 5) is 32.3. The molecule has 1 saturated carbocycles. The Morgan fingerprint density at radius 1 is 1.30 bits per heavy atom. The van der Waals surface area contributed by atoms with Crippen LogP contribution in [0.4, 0.5) is 10.6 Å². The third-order valence-electron chi connectivity index (χ3n) is 5.18. The number of nitrogens with one attached hydrogen (secondary N) is 3. The lowest BCUT2D eigenvalue weighted by molar-refractivity contribution is -0.115. The Balaban J connectivity index is 1.47. The number of nitrogens with zero attached hydrogens (tertiary/aromatic N) is 3. The van der Waals surface area contributed by atoms with E-state index < -0.39 is 0 Å². The van der Waals surface area contributed by atoms with Crippen LogP contribution < -0.4 is 15.4 Å². The van der Waals surface area contributed by atoms with Gasteiger partial charge in [0.2, 0.25) is 11.8 Å². The van der Waals surface area contributed by atoms with Crippen molar-refractivity contribution in [2.24, 2.45) is 0 Å². The lowest BCUT2D eigenvalue weighted by Crippen LogP contribution is -2.35. The lowest BCUT2D eigenvalue weighted by Gasteiger charge is -2.16. The first-order valence-electron chi connectivity index (χ1n) is 10.1. The summed E-state index contributed by atoms with van der Waals surface area (Å²) in [6.07, 6.45) is 5.99. The second kappa shape index (κ2) is 10.0. The number of ether oxygens (including phenoxy) is 2. The van der Waals surface area contributed by atoms with Gasteiger partial charge in [0.05, 0.1) is 31.6 Å². The average molecular weight is 416 g/mol. The van der Waals surface area contributed by atoms with Gasteiger partial charge in [0.15, 0.2) is 5.82 Å². The van der Waals surface area contributed by atoms with E-state index in [0.29, 0.717) is 17.4 Å². The average Bonchev–Trinajstić information content (AvgIpc) is 3.37. The minimum atomic E-state index is -0.366. The van der Waals surface area contributed by atoms with Crippen LogP contribution in [0.1, 0.15) is 56.8 Å². The number of amides is 2. The molecule has 0 radical (unpaired) electrons. The molecule has 2 heterocycles. The molecule has 0 bridgehead atoms. The van der Waals surface area contributed by atoms with Gasteiger partial charge in [0.1, 0.15) is 6.10 Å². The Hall–Kier alpha value is -3.17. The number of alkyl carbamates (subject to hydrolysis) is 1. The molecule has 2 aromatic rings. The molecule has 3 unspecified atom stereocenters. The maximum absolute atomic E-state index is 12.2. The fraction of sp³-hybridized carbons (Fsp3) is 0.550. The molecule has 3 atom stereocenters. The standard InChI is InChI=1S/C20H28N6O4/c1-4-12(2)30-20(28)23-14-6-5-13(7-14)16-9-17(26-25-16)24-18(27)8-15-10-22-19(29-3)11-21-15/h9-14H,4-8H2,1-3H3,(H,23,28)(H2,24,25,26,27). The highest BCUT2D eigenvalue weighted by molar-refractivity contribution is 5.91. The topological polar surface area (TPSA) is 131 Å². The van der Waals surface area contributed by atoms with E-state index in [1.54, 1.807) is 0 Å². The molecule has 10 nitrogen and oxygen atoms in total. The quantitative estimate of drug-likeness (QED) is 0.602. The van der Waals surface area contributed by atoms with E-state index >= 15 is 0 Å². The predicted octanol–water partition coefficient (Wildman–Crippen LogP) is 2.55. The molecule has 1 aliphatic rings. The Morgan fingerprint density at radius 2 is 2.13 bits per heavy atom. The van der Waals surface area contributed by atoms with Crippen LogP contribution in [0.3, 0.4) is 0 Å². The molecule has 0 spiro atoms. The third kappa shape index (κ3) is 5.91. The van der Waals surface area contributed by atoms with Gasteiger partial charge in [-0.1, -0.05) is 6.92 Å². The summed E-state index contributed by atoms with van der Waals surface area (Å²) in [5.41, 5.74) is 1.48. The first-order valence-corrected chi connectivity index (χ1v) is 10.1. The fourth-order valence-corrected chi connectivity index (χ4v) is 3.36. The summed E-state index contributed by atoms with van der Waals surface area (Å²) >= 11 is 0. The third-order valence-corrected chi connectivity index (χ3v) is 5.18. The van der Waals surface area contributed by atoms with Crippen LogP contribution in [-0.2, 0) is 16.0 Å². The van der Waals surface area contributed by atoms with Crippen molar-refractivity contribution in [3.63, 3.8) is 0 Å². The highest BCUT2D eigenvalue weighted by Crippen LogP contribution is 2.34. The van der Waals surface area contributed by atoms with E-state index in [0.717, 1.165) is 31.4 Å². The largest absolute Gasteiger partial charge is 0.480 e. The van der Waals surface area contributed by atoms with Gasteiger partial charge in [0, 0.05) is 23.7 Å². The van der Waals surface area contributed by atoms with Gasteiger partial charge in [-0.3, -0.25) is 14.9 Å². The molecule has 10 heteroatoms. The number of carbonyl (C=O) groups excluding carboxylic acids is 2. The van der Waals surface area contributed by atoms with Gasteiger partial charge in [-0.25, -0.2) is 9.78 Å². The van der Waals surface area contributed by atoms with Crippen molar-refractivity contribution in [3.05, 3.63) is 29.8 Å². The van der Waals surface area contributed by atoms with Crippen molar-refractivity contribution < 1.29 is 19.1 Å². The number of rotatable bonds is 8. The van der Waals surface area contributed by atoms with E-state index in [9.17, 15) is 9.59 Å². The minimum absolute atomic E-state index is 0.0709. The molecular weight excluding hydrogens is 388 g/mol. The monoisotopic (exact) mass is 416 g/mol. The molecule has 162 valence electrons. The van der Waals surface area contributed by atoms with Crippen molar-refractivity contribution in [1.29, 1.82) is 0 Å². The van der Waals surface area contributed by atoms with Crippen molar-refractivity contribution in [3.8, 4) is 5.88 Å². The second-order valence-corrected chi connectivity index (χ2v) is 7.46. The van der Waals surface area contributed by atoms with E-state index in [2.05, 4.69) is 30.8 Å². The van der Waals surface area contributed by atoms with Crippen LogP contribution in [0.15, 0.2) is 18.5 Å². The summed E-state index contributed by atoms with van der Waals surface area (Å²) in [5, 5.41) is 12.9. The minimum Gasteiger partial charge on any atom is -0.480 e. The summed E-state index contributed by atoms with van der Waals surface area (Å²) in [7, 11) is 1.51. The summed E-state index contributed by atoms with van der Waals surface area (Å²) in [5.74, 6) is 0.869. The molecule has 0 aromatic carbocycles. The summed E-state index contributed by atoms with van der Waals surface area (Å²) in [6, 6.07) is 1.91. The van der Waals surface area contributed by atoms with E-state index in [1.165, 1.54) is 19.5 Å². The number of carbonyl (C=O) groups is 2. The molecule has 3 rings (SSSR count). The zero-order valence-electron chi connectivity index (χ0n) is 17.5. The number of aromatic amines is 1.